The first kappa shape index (κ1) is 20.1. The zero-order valence-corrected chi connectivity index (χ0v) is 16.5. The topological polar surface area (TPSA) is 35.5 Å². The standard InChI is InChI=1S/C22H26O3S/c1-4-15-26-20-11-7-17(8-12-20)21(23)13-9-18-16-19(24-5-2)10-14-22(18)25-6-3/h7-14,16H,4-6,15H2,1-3H3/b13-9+. The van der Waals surface area contributed by atoms with Crippen molar-refractivity contribution in [3.05, 3.63) is 59.7 Å². The average molecular weight is 371 g/mol. The normalized spacial score (nSPS) is 10.9. The van der Waals surface area contributed by atoms with Gasteiger partial charge in [-0.25, -0.2) is 0 Å². The number of ether oxygens (including phenoxy) is 2. The number of hydrogen-bond donors (Lipinski definition) is 0. The second kappa shape index (κ2) is 10.7. The van der Waals surface area contributed by atoms with Crippen molar-refractivity contribution in [3.63, 3.8) is 0 Å². The summed E-state index contributed by atoms with van der Waals surface area (Å²) in [4.78, 5) is 13.6. The van der Waals surface area contributed by atoms with Crippen LogP contribution >= 0.6 is 11.8 Å². The van der Waals surface area contributed by atoms with Gasteiger partial charge in [0.25, 0.3) is 0 Å². The third-order valence-corrected chi connectivity index (χ3v) is 4.84. The van der Waals surface area contributed by atoms with E-state index in [1.807, 2.05) is 56.3 Å². The number of allylic oxidation sites excluding steroid dienone is 1. The first-order chi connectivity index (χ1) is 12.7. The van der Waals surface area contributed by atoms with E-state index in [1.165, 1.54) is 4.90 Å². The molecule has 0 atom stereocenters. The van der Waals surface area contributed by atoms with Crippen LogP contribution in [-0.2, 0) is 0 Å². The number of hydrogen-bond acceptors (Lipinski definition) is 4. The van der Waals surface area contributed by atoms with Gasteiger partial charge in [0.2, 0.25) is 0 Å². The summed E-state index contributed by atoms with van der Waals surface area (Å²) in [5, 5.41) is 0. The van der Waals surface area contributed by atoms with E-state index >= 15 is 0 Å². The number of carbonyl (C=O) groups excluding carboxylic acids is 1. The Hall–Kier alpha value is -2.20. The van der Waals surface area contributed by atoms with Gasteiger partial charge in [-0.2, -0.15) is 0 Å². The number of rotatable bonds is 10. The summed E-state index contributed by atoms with van der Waals surface area (Å²) in [6.45, 7) is 7.20. The number of carbonyl (C=O) groups is 1. The minimum absolute atomic E-state index is 0.0266. The number of thioether (sulfide) groups is 1. The highest BCUT2D eigenvalue weighted by molar-refractivity contribution is 7.99. The molecule has 0 fully saturated rings. The molecule has 0 aromatic heterocycles. The molecule has 0 bridgehead atoms. The zero-order valence-electron chi connectivity index (χ0n) is 15.7. The zero-order chi connectivity index (χ0) is 18.8. The van der Waals surface area contributed by atoms with Crippen LogP contribution in [-0.4, -0.2) is 24.7 Å². The molecule has 0 heterocycles. The van der Waals surface area contributed by atoms with Crippen LogP contribution in [0.1, 0.15) is 43.1 Å². The van der Waals surface area contributed by atoms with E-state index in [1.54, 1.807) is 23.9 Å². The number of ketones is 1. The molecule has 0 aliphatic rings. The molecule has 0 aliphatic carbocycles. The Balaban J connectivity index is 2.14. The molecule has 138 valence electrons. The summed E-state index contributed by atoms with van der Waals surface area (Å²) in [6, 6.07) is 13.4. The lowest BCUT2D eigenvalue weighted by Crippen LogP contribution is -1.97. The molecule has 4 heteroatoms. The van der Waals surface area contributed by atoms with Crippen LogP contribution in [0, 0.1) is 0 Å². The van der Waals surface area contributed by atoms with Crippen molar-refractivity contribution in [1.29, 1.82) is 0 Å². The maximum absolute atomic E-state index is 12.5. The summed E-state index contributed by atoms with van der Waals surface area (Å²) in [6.07, 6.45) is 4.51. The van der Waals surface area contributed by atoms with E-state index in [2.05, 4.69) is 6.92 Å². The van der Waals surface area contributed by atoms with Crippen molar-refractivity contribution < 1.29 is 14.3 Å². The van der Waals surface area contributed by atoms with Gasteiger partial charge in [0, 0.05) is 16.0 Å². The predicted octanol–water partition coefficient (Wildman–Crippen LogP) is 5.88. The second-order valence-electron chi connectivity index (χ2n) is 5.64. The van der Waals surface area contributed by atoms with Gasteiger partial charge in [0.1, 0.15) is 11.5 Å². The van der Waals surface area contributed by atoms with Crippen molar-refractivity contribution in [3.8, 4) is 11.5 Å². The molecular formula is C22H26O3S. The van der Waals surface area contributed by atoms with E-state index in [0.717, 1.165) is 29.2 Å². The maximum atomic E-state index is 12.5. The minimum Gasteiger partial charge on any atom is -0.494 e. The van der Waals surface area contributed by atoms with E-state index in [0.29, 0.717) is 18.8 Å². The molecule has 0 N–H and O–H groups in total. The summed E-state index contributed by atoms with van der Waals surface area (Å²) in [5.41, 5.74) is 1.52. The monoisotopic (exact) mass is 370 g/mol. The van der Waals surface area contributed by atoms with E-state index in [-0.39, 0.29) is 5.78 Å². The molecule has 26 heavy (non-hydrogen) atoms. The third-order valence-electron chi connectivity index (χ3n) is 3.62. The van der Waals surface area contributed by atoms with Crippen LogP contribution < -0.4 is 9.47 Å². The molecular weight excluding hydrogens is 344 g/mol. The lowest BCUT2D eigenvalue weighted by atomic mass is 10.1. The van der Waals surface area contributed by atoms with Gasteiger partial charge in [0.05, 0.1) is 13.2 Å². The highest BCUT2D eigenvalue weighted by Crippen LogP contribution is 2.26. The van der Waals surface area contributed by atoms with Crippen molar-refractivity contribution in [1.82, 2.24) is 0 Å². The van der Waals surface area contributed by atoms with Crippen LogP contribution in [0.15, 0.2) is 53.4 Å². The molecule has 3 nitrogen and oxygen atoms in total. The lowest BCUT2D eigenvalue weighted by molar-refractivity contribution is 0.104. The molecule has 0 radical (unpaired) electrons. The minimum atomic E-state index is -0.0266. The molecule has 0 spiro atoms. The highest BCUT2D eigenvalue weighted by atomic mass is 32.2. The van der Waals surface area contributed by atoms with Gasteiger partial charge in [-0.15, -0.1) is 11.8 Å². The predicted molar refractivity (Wildman–Crippen MR) is 110 cm³/mol. The van der Waals surface area contributed by atoms with Crippen LogP contribution in [0.2, 0.25) is 0 Å². The molecule has 0 saturated heterocycles. The molecule has 2 aromatic carbocycles. The summed E-state index contributed by atoms with van der Waals surface area (Å²) in [7, 11) is 0. The van der Waals surface area contributed by atoms with E-state index in [9.17, 15) is 4.79 Å². The summed E-state index contributed by atoms with van der Waals surface area (Å²) in [5.74, 6) is 2.57. The van der Waals surface area contributed by atoms with Crippen LogP contribution in [0.3, 0.4) is 0 Å². The first-order valence-corrected chi connectivity index (χ1v) is 10.0. The number of benzene rings is 2. The first-order valence-electron chi connectivity index (χ1n) is 9.02. The summed E-state index contributed by atoms with van der Waals surface area (Å²) < 4.78 is 11.2. The molecule has 2 rings (SSSR count). The van der Waals surface area contributed by atoms with Gasteiger partial charge in [0.15, 0.2) is 5.78 Å². The highest BCUT2D eigenvalue weighted by Gasteiger charge is 2.06. The summed E-state index contributed by atoms with van der Waals surface area (Å²) >= 11 is 1.80. The molecule has 0 saturated carbocycles. The smallest absolute Gasteiger partial charge is 0.185 e. The Kier molecular flexibility index (Phi) is 8.29. The van der Waals surface area contributed by atoms with Crippen LogP contribution in [0.25, 0.3) is 6.08 Å². The molecule has 2 aromatic rings. The fraction of sp³-hybridized carbons (Fsp3) is 0.318. The Morgan fingerprint density at radius 1 is 1.00 bits per heavy atom. The largest absolute Gasteiger partial charge is 0.494 e. The Morgan fingerprint density at radius 2 is 1.73 bits per heavy atom. The van der Waals surface area contributed by atoms with Gasteiger partial charge in [-0.05, 0) is 80.6 Å². The molecule has 0 unspecified atom stereocenters. The second-order valence-corrected chi connectivity index (χ2v) is 6.80. The fourth-order valence-corrected chi connectivity index (χ4v) is 3.17. The van der Waals surface area contributed by atoms with Crippen molar-refractivity contribution in [2.24, 2.45) is 0 Å². The van der Waals surface area contributed by atoms with Gasteiger partial charge in [-0.1, -0.05) is 6.92 Å². The maximum Gasteiger partial charge on any atom is 0.185 e. The lowest BCUT2D eigenvalue weighted by Gasteiger charge is -2.10. The van der Waals surface area contributed by atoms with E-state index in [4.69, 9.17) is 9.47 Å². The van der Waals surface area contributed by atoms with Gasteiger partial charge >= 0.3 is 0 Å². The van der Waals surface area contributed by atoms with Crippen LogP contribution in [0.4, 0.5) is 0 Å². The van der Waals surface area contributed by atoms with Crippen molar-refractivity contribution in [2.75, 3.05) is 19.0 Å². The van der Waals surface area contributed by atoms with Crippen molar-refractivity contribution in [2.45, 2.75) is 32.1 Å². The SMILES string of the molecule is CCCSc1ccc(C(=O)/C=C/c2cc(OCC)ccc2OCC)cc1. The van der Waals surface area contributed by atoms with E-state index < -0.39 is 0 Å². The van der Waals surface area contributed by atoms with Crippen LogP contribution in [0.5, 0.6) is 11.5 Å². The van der Waals surface area contributed by atoms with Crippen molar-refractivity contribution >= 4 is 23.6 Å². The quantitative estimate of drug-likeness (QED) is 0.297. The fourth-order valence-electron chi connectivity index (χ4n) is 2.40. The Bertz CT molecular complexity index is 736. The van der Waals surface area contributed by atoms with Gasteiger partial charge in [-0.3, -0.25) is 4.79 Å². The third kappa shape index (κ3) is 5.95. The Morgan fingerprint density at radius 3 is 2.38 bits per heavy atom. The molecule has 0 aliphatic heterocycles. The molecule has 0 amide bonds. The average Bonchev–Trinajstić information content (AvgIpc) is 2.67. The Labute approximate surface area is 160 Å². The van der Waals surface area contributed by atoms with Gasteiger partial charge < -0.3 is 9.47 Å².